The smallest absolute Gasteiger partial charge is 0.276 e. The Morgan fingerprint density at radius 3 is 2.47 bits per heavy atom. The van der Waals surface area contributed by atoms with Crippen LogP contribution in [0.4, 0.5) is 8.78 Å². The molecule has 0 heterocycles. The van der Waals surface area contributed by atoms with Gasteiger partial charge in [0.05, 0.1) is 10.6 Å². The van der Waals surface area contributed by atoms with Gasteiger partial charge in [-0.25, -0.2) is 8.78 Å². The molecule has 0 unspecified atom stereocenters. The summed E-state index contributed by atoms with van der Waals surface area (Å²) in [7, 11) is -3.90. The predicted molar refractivity (Wildman–Crippen MR) is 118 cm³/mol. The first-order valence-electron chi connectivity index (χ1n) is 10.1. The number of nitrogens with zero attached hydrogens (tertiary/aromatic N) is 1. The summed E-state index contributed by atoms with van der Waals surface area (Å²) in [6, 6.07) is 20.1. The van der Waals surface area contributed by atoms with Gasteiger partial charge in [0.1, 0.15) is 12.4 Å². The van der Waals surface area contributed by atoms with E-state index in [4.69, 9.17) is 4.74 Å². The molecule has 0 fully saturated rings. The van der Waals surface area contributed by atoms with Crippen molar-refractivity contribution >= 4 is 15.7 Å². The van der Waals surface area contributed by atoms with E-state index < -0.39 is 22.4 Å². The van der Waals surface area contributed by atoms with Gasteiger partial charge in [0.15, 0.2) is 0 Å². The first-order valence-corrected chi connectivity index (χ1v) is 11.6. The minimum absolute atomic E-state index is 0.0541. The first kappa shape index (κ1) is 22.0. The van der Waals surface area contributed by atoms with Crippen LogP contribution in [0.2, 0.25) is 0 Å². The van der Waals surface area contributed by atoms with Gasteiger partial charge in [-0.2, -0.15) is 18.4 Å². The van der Waals surface area contributed by atoms with Crippen LogP contribution >= 0.6 is 0 Å². The van der Waals surface area contributed by atoms with Crippen LogP contribution in [0.3, 0.4) is 0 Å². The maximum absolute atomic E-state index is 14.6. The highest BCUT2D eigenvalue weighted by Gasteiger charge is 2.39. The standard InChI is InChI=1S/C24H22F2N2O3S/c1-17-7-10-20(11-8-17)32(29,30)28-27-23-13-14-24(25,26)22-15-19(9-12-21(22)23)31-16-18-5-3-2-4-6-18/h2-12,15,28H,13-14,16H2,1H3/b27-23+. The number of aryl methyl sites for hydroxylation is 1. The molecule has 4 rings (SSSR count). The second-order valence-corrected chi connectivity index (χ2v) is 9.31. The van der Waals surface area contributed by atoms with Crippen LogP contribution in [0.15, 0.2) is 82.8 Å². The highest BCUT2D eigenvalue weighted by molar-refractivity contribution is 7.89. The van der Waals surface area contributed by atoms with Crippen molar-refractivity contribution in [2.24, 2.45) is 5.10 Å². The lowest BCUT2D eigenvalue weighted by atomic mass is 9.87. The van der Waals surface area contributed by atoms with Crippen LogP contribution in [0.25, 0.3) is 0 Å². The van der Waals surface area contributed by atoms with E-state index in [1.54, 1.807) is 18.2 Å². The molecule has 5 nitrogen and oxygen atoms in total. The monoisotopic (exact) mass is 456 g/mol. The van der Waals surface area contributed by atoms with Crippen LogP contribution in [0.5, 0.6) is 5.75 Å². The molecule has 166 valence electrons. The molecule has 0 aromatic heterocycles. The first-order chi connectivity index (χ1) is 15.2. The summed E-state index contributed by atoms with van der Waals surface area (Å²) in [5.41, 5.74) is 2.09. The van der Waals surface area contributed by atoms with Crippen molar-refractivity contribution in [3.63, 3.8) is 0 Å². The Morgan fingerprint density at radius 1 is 1.03 bits per heavy atom. The summed E-state index contributed by atoms with van der Waals surface area (Å²) in [6.45, 7) is 2.10. The van der Waals surface area contributed by atoms with Crippen LogP contribution < -0.4 is 9.57 Å². The van der Waals surface area contributed by atoms with Crippen molar-refractivity contribution in [1.29, 1.82) is 0 Å². The number of hydrogen-bond acceptors (Lipinski definition) is 4. The number of rotatable bonds is 6. The van der Waals surface area contributed by atoms with Crippen LogP contribution in [0, 0.1) is 6.92 Å². The number of ether oxygens (including phenoxy) is 1. The number of hydrogen-bond donors (Lipinski definition) is 1. The third-order valence-electron chi connectivity index (χ3n) is 5.25. The van der Waals surface area contributed by atoms with Crippen LogP contribution in [0.1, 0.15) is 35.1 Å². The number of sulfonamides is 1. The van der Waals surface area contributed by atoms with E-state index in [2.05, 4.69) is 9.93 Å². The van der Waals surface area contributed by atoms with Crippen LogP contribution in [-0.2, 0) is 22.6 Å². The predicted octanol–water partition coefficient (Wildman–Crippen LogP) is 5.14. The summed E-state index contributed by atoms with van der Waals surface area (Å²) in [6.07, 6.45) is -0.520. The molecule has 3 aromatic rings. The average molecular weight is 457 g/mol. The molecule has 0 aliphatic heterocycles. The van der Waals surface area contributed by atoms with Crippen LogP contribution in [-0.4, -0.2) is 14.1 Å². The number of benzene rings is 3. The number of hydrazone groups is 1. The van der Waals surface area contributed by atoms with Gasteiger partial charge in [0.25, 0.3) is 15.9 Å². The fraction of sp³-hybridized carbons (Fsp3) is 0.208. The molecule has 1 aliphatic carbocycles. The van der Waals surface area contributed by atoms with Gasteiger partial charge in [-0.1, -0.05) is 48.0 Å². The van der Waals surface area contributed by atoms with E-state index in [-0.39, 0.29) is 34.8 Å². The minimum atomic E-state index is -3.90. The van der Waals surface area contributed by atoms with E-state index >= 15 is 0 Å². The second kappa shape index (κ2) is 8.70. The van der Waals surface area contributed by atoms with E-state index in [1.807, 2.05) is 37.3 Å². The number of alkyl halides is 2. The second-order valence-electron chi connectivity index (χ2n) is 7.65. The van der Waals surface area contributed by atoms with Gasteiger partial charge >= 0.3 is 0 Å². The van der Waals surface area contributed by atoms with Crippen molar-refractivity contribution in [2.45, 2.75) is 37.2 Å². The maximum atomic E-state index is 14.6. The third-order valence-corrected chi connectivity index (χ3v) is 6.48. The Morgan fingerprint density at radius 2 is 1.75 bits per heavy atom. The van der Waals surface area contributed by atoms with E-state index in [0.717, 1.165) is 11.1 Å². The van der Waals surface area contributed by atoms with Crippen molar-refractivity contribution in [3.8, 4) is 5.75 Å². The lowest BCUT2D eigenvalue weighted by Gasteiger charge is -2.26. The molecule has 3 aromatic carbocycles. The zero-order chi connectivity index (χ0) is 22.8. The topological polar surface area (TPSA) is 67.8 Å². The summed E-state index contributed by atoms with van der Waals surface area (Å²) >= 11 is 0. The minimum Gasteiger partial charge on any atom is -0.489 e. The van der Waals surface area contributed by atoms with Crippen molar-refractivity contribution in [1.82, 2.24) is 4.83 Å². The zero-order valence-electron chi connectivity index (χ0n) is 17.4. The summed E-state index contributed by atoms with van der Waals surface area (Å²) in [5.74, 6) is -2.75. The largest absolute Gasteiger partial charge is 0.489 e. The zero-order valence-corrected chi connectivity index (χ0v) is 18.2. The molecule has 0 atom stereocenters. The van der Waals surface area contributed by atoms with E-state index in [9.17, 15) is 17.2 Å². The molecule has 0 saturated carbocycles. The lowest BCUT2D eigenvalue weighted by molar-refractivity contribution is -0.0142. The van der Waals surface area contributed by atoms with Gasteiger partial charge in [0, 0.05) is 17.5 Å². The Bertz CT molecular complexity index is 1240. The highest BCUT2D eigenvalue weighted by atomic mass is 32.2. The highest BCUT2D eigenvalue weighted by Crippen LogP contribution is 2.41. The Hall–Kier alpha value is -3.26. The number of halogens is 2. The Kier molecular flexibility index (Phi) is 5.97. The molecular weight excluding hydrogens is 434 g/mol. The van der Waals surface area contributed by atoms with Crippen molar-refractivity contribution in [3.05, 3.63) is 95.1 Å². The normalized spacial score (nSPS) is 16.4. The molecule has 1 aliphatic rings. The molecule has 0 spiro atoms. The molecule has 0 radical (unpaired) electrons. The molecule has 8 heteroatoms. The van der Waals surface area contributed by atoms with Gasteiger partial charge in [-0.3, -0.25) is 0 Å². The van der Waals surface area contributed by atoms with Crippen molar-refractivity contribution in [2.75, 3.05) is 0 Å². The molecular formula is C24H22F2N2O3S. The van der Waals surface area contributed by atoms with Gasteiger partial charge in [-0.15, -0.1) is 0 Å². The van der Waals surface area contributed by atoms with E-state index in [0.29, 0.717) is 5.75 Å². The quantitative estimate of drug-likeness (QED) is 0.522. The lowest BCUT2D eigenvalue weighted by Crippen LogP contribution is -2.28. The van der Waals surface area contributed by atoms with Gasteiger partial charge in [-0.05, 0) is 49.2 Å². The SMILES string of the molecule is Cc1ccc(S(=O)(=O)N/N=C2\CCC(F)(F)c3cc(OCc4ccccc4)ccc32)cc1. The molecule has 0 saturated heterocycles. The van der Waals surface area contributed by atoms with Gasteiger partial charge in [0.2, 0.25) is 0 Å². The fourth-order valence-corrected chi connectivity index (χ4v) is 4.28. The molecule has 0 amide bonds. The molecule has 0 bridgehead atoms. The number of nitrogens with one attached hydrogen (secondary N) is 1. The third kappa shape index (κ3) is 4.80. The molecule has 32 heavy (non-hydrogen) atoms. The Balaban J connectivity index is 1.58. The average Bonchev–Trinajstić information content (AvgIpc) is 2.78. The van der Waals surface area contributed by atoms with Crippen molar-refractivity contribution < 1.29 is 21.9 Å². The Labute approximate surface area is 185 Å². The summed E-state index contributed by atoms with van der Waals surface area (Å²) in [5, 5.41) is 3.99. The summed E-state index contributed by atoms with van der Waals surface area (Å²) < 4.78 is 60.0. The number of fused-ring (bicyclic) bond motifs is 1. The summed E-state index contributed by atoms with van der Waals surface area (Å²) in [4.78, 5) is 2.23. The maximum Gasteiger partial charge on any atom is 0.276 e. The van der Waals surface area contributed by atoms with E-state index in [1.165, 1.54) is 24.3 Å². The van der Waals surface area contributed by atoms with Gasteiger partial charge < -0.3 is 4.74 Å². The molecule has 1 N–H and O–H groups in total. The fourth-order valence-electron chi connectivity index (χ4n) is 3.45.